The molecule has 16 heavy (non-hydrogen) atoms. The molecular weight excluding hydrogens is 202 g/mol. The van der Waals surface area contributed by atoms with Gasteiger partial charge in [-0.25, -0.2) is 0 Å². The molecule has 0 heterocycles. The number of hydrogen-bond donors (Lipinski definition) is 3. The van der Waals surface area contributed by atoms with Crippen LogP contribution in [0.5, 0.6) is 0 Å². The van der Waals surface area contributed by atoms with E-state index in [4.69, 9.17) is 5.73 Å². The highest BCUT2D eigenvalue weighted by molar-refractivity contribution is 5.84. The second kappa shape index (κ2) is 6.00. The van der Waals surface area contributed by atoms with Gasteiger partial charge in [-0.2, -0.15) is 0 Å². The third-order valence-electron chi connectivity index (χ3n) is 2.24. The lowest BCUT2D eigenvalue weighted by Gasteiger charge is -2.15. The molecular formula is C12H19N3O. The molecule has 1 unspecified atom stereocenters. The van der Waals surface area contributed by atoms with Crippen LogP contribution in [0.25, 0.3) is 0 Å². The van der Waals surface area contributed by atoms with Crippen molar-refractivity contribution in [2.45, 2.75) is 26.3 Å². The van der Waals surface area contributed by atoms with E-state index in [-0.39, 0.29) is 11.9 Å². The van der Waals surface area contributed by atoms with Crippen molar-refractivity contribution in [3.63, 3.8) is 0 Å². The Kier molecular flexibility index (Phi) is 4.64. The van der Waals surface area contributed by atoms with Crippen molar-refractivity contribution in [1.82, 2.24) is 5.32 Å². The minimum Gasteiger partial charge on any atom is -0.399 e. The van der Waals surface area contributed by atoms with Crippen molar-refractivity contribution < 1.29 is 4.79 Å². The lowest BCUT2D eigenvalue weighted by Crippen LogP contribution is -2.37. The minimum atomic E-state index is -0.241. The summed E-state index contributed by atoms with van der Waals surface area (Å²) in [5, 5.41) is 5.95. The van der Waals surface area contributed by atoms with E-state index >= 15 is 0 Å². The fourth-order valence-corrected chi connectivity index (χ4v) is 1.30. The second-order valence-corrected chi connectivity index (χ2v) is 3.78. The van der Waals surface area contributed by atoms with Gasteiger partial charge in [0.15, 0.2) is 0 Å². The number of nitrogens with one attached hydrogen (secondary N) is 2. The van der Waals surface area contributed by atoms with Gasteiger partial charge >= 0.3 is 0 Å². The van der Waals surface area contributed by atoms with Gasteiger partial charge in [-0.05, 0) is 37.6 Å². The van der Waals surface area contributed by atoms with Crippen LogP contribution in [0.4, 0.5) is 11.4 Å². The number of carbonyl (C=O) groups is 1. The molecule has 0 spiro atoms. The number of nitrogen functional groups attached to an aromatic ring is 1. The molecule has 0 saturated carbocycles. The van der Waals surface area contributed by atoms with Crippen LogP contribution in [0, 0.1) is 0 Å². The van der Waals surface area contributed by atoms with Gasteiger partial charge in [-0.15, -0.1) is 0 Å². The Morgan fingerprint density at radius 2 is 2.00 bits per heavy atom. The first-order valence-corrected chi connectivity index (χ1v) is 5.53. The van der Waals surface area contributed by atoms with Crippen molar-refractivity contribution in [2.75, 3.05) is 17.6 Å². The van der Waals surface area contributed by atoms with Gasteiger partial charge in [0.05, 0.1) is 0 Å². The maximum Gasteiger partial charge on any atom is 0.242 e. The summed E-state index contributed by atoms with van der Waals surface area (Å²) in [5.41, 5.74) is 7.19. The standard InChI is InChI=1S/C12H19N3O/c1-3-8-14-12(16)9(2)15-11-6-4-10(13)5-7-11/h4-7,9,15H,3,8,13H2,1-2H3,(H,14,16). The van der Waals surface area contributed by atoms with Crippen LogP contribution in [-0.4, -0.2) is 18.5 Å². The van der Waals surface area contributed by atoms with Gasteiger partial charge in [0, 0.05) is 17.9 Å². The molecule has 88 valence electrons. The third-order valence-corrected chi connectivity index (χ3v) is 2.24. The van der Waals surface area contributed by atoms with Crippen LogP contribution in [0.3, 0.4) is 0 Å². The van der Waals surface area contributed by atoms with Crippen LogP contribution in [0.1, 0.15) is 20.3 Å². The van der Waals surface area contributed by atoms with Crippen molar-refractivity contribution in [3.05, 3.63) is 24.3 Å². The van der Waals surface area contributed by atoms with E-state index in [1.807, 2.05) is 26.0 Å². The summed E-state index contributed by atoms with van der Waals surface area (Å²) in [6.07, 6.45) is 0.945. The lowest BCUT2D eigenvalue weighted by atomic mass is 10.2. The fraction of sp³-hybridized carbons (Fsp3) is 0.417. The average Bonchev–Trinajstić information content (AvgIpc) is 2.29. The molecule has 1 aromatic rings. The van der Waals surface area contributed by atoms with E-state index in [0.717, 1.165) is 12.1 Å². The molecule has 1 amide bonds. The molecule has 0 aliphatic heterocycles. The van der Waals surface area contributed by atoms with Crippen molar-refractivity contribution >= 4 is 17.3 Å². The first-order valence-electron chi connectivity index (χ1n) is 5.53. The first-order chi connectivity index (χ1) is 7.63. The Balaban J connectivity index is 2.47. The molecule has 4 nitrogen and oxygen atoms in total. The number of rotatable bonds is 5. The third kappa shape index (κ3) is 3.81. The zero-order valence-electron chi connectivity index (χ0n) is 9.79. The van der Waals surface area contributed by atoms with Crippen LogP contribution in [-0.2, 0) is 4.79 Å². The summed E-state index contributed by atoms with van der Waals surface area (Å²) in [7, 11) is 0. The fourth-order valence-electron chi connectivity index (χ4n) is 1.30. The zero-order valence-corrected chi connectivity index (χ0v) is 9.79. The van der Waals surface area contributed by atoms with Crippen molar-refractivity contribution in [2.24, 2.45) is 0 Å². The van der Waals surface area contributed by atoms with Crippen LogP contribution < -0.4 is 16.4 Å². The van der Waals surface area contributed by atoms with E-state index in [1.54, 1.807) is 12.1 Å². The molecule has 0 fully saturated rings. The molecule has 0 radical (unpaired) electrons. The number of hydrogen-bond acceptors (Lipinski definition) is 3. The van der Waals surface area contributed by atoms with Crippen LogP contribution >= 0.6 is 0 Å². The summed E-state index contributed by atoms with van der Waals surface area (Å²) < 4.78 is 0. The van der Waals surface area contributed by atoms with E-state index in [9.17, 15) is 4.79 Å². The molecule has 0 saturated heterocycles. The Morgan fingerprint density at radius 1 is 1.38 bits per heavy atom. The maximum atomic E-state index is 11.6. The first kappa shape index (κ1) is 12.4. The van der Waals surface area contributed by atoms with E-state index in [1.165, 1.54) is 0 Å². The van der Waals surface area contributed by atoms with Gasteiger partial charge in [0.2, 0.25) is 5.91 Å². The van der Waals surface area contributed by atoms with Gasteiger partial charge in [0.1, 0.15) is 6.04 Å². The van der Waals surface area contributed by atoms with Crippen LogP contribution in [0.15, 0.2) is 24.3 Å². The van der Waals surface area contributed by atoms with E-state index in [0.29, 0.717) is 12.2 Å². The maximum absolute atomic E-state index is 11.6. The molecule has 1 atom stereocenters. The Labute approximate surface area is 96.2 Å². The highest BCUT2D eigenvalue weighted by atomic mass is 16.2. The molecule has 0 aliphatic carbocycles. The van der Waals surface area contributed by atoms with Gasteiger partial charge < -0.3 is 16.4 Å². The Bertz CT molecular complexity index is 335. The molecule has 0 aliphatic rings. The van der Waals surface area contributed by atoms with Gasteiger partial charge in [-0.3, -0.25) is 4.79 Å². The predicted octanol–water partition coefficient (Wildman–Crippen LogP) is 1.60. The van der Waals surface area contributed by atoms with E-state index in [2.05, 4.69) is 10.6 Å². The molecule has 0 aromatic heterocycles. The summed E-state index contributed by atoms with van der Waals surface area (Å²) in [6.45, 7) is 4.58. The number of anilines is 2. The van der Waals surface area contributed by atoms with Crippen LogP contribution in [0.2, 0.25) is 0 Å². The monoisotopic (exact) mass is 221 g/mol. The smallest absolute Gasteiger partial charge is 0.242 e. The van der Waals surface area contributed by atoms with Gasteiger partial charge in [-0.1, -0.05) is 6.92 Å². The number of carbonyl (C=O) groups excluding carboxylic acids is 1. The van der Waals surface area contributed by atoms with E-state index < -0.39 is 0 Å². The summed E-state index contributed by atoms with van der Waals surface area (Å²) in [4.78, 5) is 11.6. The quantitative estimate of drug-likeness (QED) is 0.661. The Morgan fingerprint density at radius 3 is 2.56 bits per heavy atom. The van der Waals surface area contributed by atoms with Gasteiger partial charge in [0.25, 0.3) is 0 Å². The molecule has 4 heteroatoms. The number of amides is 1. The molecule has 1 aromatic carbocycles. The minimum absolute atomic E-state index is 0.0127. The topological polar surface area (TPSA) is 67.2 Å². The highest BCUT2D eigenvalue weighted by Gasteiger charge is 2.10. The average molecular weight is 221 g/mol. The summed E-state index contributed by atoms with van der Waals surface area (Å²) in [6, 6.07) is 7.09. The number of benzene rings is 1. The Hall–Kier alpha value is -1.71. The SMILES string of the molecule is CCCNC(=O)C(C)Nc1ccc(N)cc1. The molecule has 0 bridgehead atoms. The zero-order chi connectivity index (χ0) is 12.0. The summed E-state index contributed by atoms with van der Waals surface area (Å²) >= 11 is 0. The van der Waals surface area contributed by atoms with Crippen molar-refractivity contribution in [1.29, 1.82) is 0 Å². The largest absolute Gasteiger partial charge is 0.399 e. The number of nitrogens with two attached hydrogens (primary N) is 1. The van der Waals surface area contributed by atoms with Crippen molar-refractivity contribution in [3.8, 4) is 0 Å². The normalized spacial score (nSPS) is 11.9. The highest BCUT2D eigenvalue weighted by Crippen LogP contribution is 2.11. The predicted molar refractivity (Wildman–Crippen MR) is 67.2 cm³/mol. The molecule has 4 N–H and O–H groups in total. The lowest BCUT2D eigenvalue weighted by molar-refractivity contribution is -0.121. The molecule has 1 rings (SSSR count). The summed E-state index contributed by atoms with van der Waals surface area (Å²) in [5.74, 6) is 0.0127. The second-order valence-electron chi connectivity index (χ2n) is 3.78.